The van der Waals surface area contributed by atoms with Crippen LogP contribution in [-0.4, -0.2) is 16.3 Å². The number of aromatic nitrogens is 1. The molecule has 0 saturated heterocycles. The summed E-state index contributed by atoms with van der Waals surface area (Å²) >= 11 is 3.55. The van der Waals surface area contributed by atoms with Gasteiger partial charge in [-0.15, -0.1) is 0 Å². The van der Waals surface area contributed by atoms with Crippen molar-refractivity contribution < 1.29 is 5.11 Å². The lowest BCUT2D eigenvalue weighted by Crippen LogP contribution is -2.13. The fraction of sp³-hybridized carbons (Fsp3) is 0.385. The number of aliphatic hydroxyl groups is 1. The molecule has 1 unspecified atom stereocenters. The Bertz CT molecular complexity index is 576. The Morgan fingerprint density at radius 2 is 2.29 bits per heavy atom. The van der Waals surface area contributed by atoms with Gasteiger partial charge in [-0.1, -0.05) is 15.9 Å². The summed E-state index contributed by atoms with van der Waals surface area (Å²) < 4.78 is 3.36. The number of benzene rings is 1. The van der Waals surface area contributed by atoms with Gasteiger partial charge in [0.1, 0.15) is 0 Å². The second-order valence-electron chi connectivity index (χ2n) is 4.63. The van der Waals surface area contributed by atoms with Crippen LogP contribution in [0.3, 0.4) is 0 Å². The Morgan fingerprint density at radius 3 is 3.06 bits per heavy atom. The van der Waals surface area contributed by atoms with Crippen molar-refractivity contribution in [2.75, 3.05) is 6.61 Å². The van der Waals surface area contributed by atoms with E-state index >= 15 is 0 Å². The predicted molar refractivity (Wildman–Crippen MR) is 72.0 cm³/mol. The monoisotopic (exact) mass is 294 g/mol. The van der Waals surface area contributed by atoms with E-state index in [0.717, 1.165) is 23.0 Å². The molecule has 1 atom stereocenters. The van der Waals surface area contributed by atoms with E-state index in [-0.39, 0.29) is 12.6 Å². The SMILES string of the molecule is NC(CO)c1cn2c3c(cc(Br)cc13)CCC2. The van der Waals surface area contributed by atoms with Gasteiger partial charge in [0.15, 0.2) is 0 Å². The molecule has 3 N–H and O–H groups in total. The molecule has 0 saturated carbocycles. The average molecular weight is 295 g/mol. The van der Waals surface area contributed by atoms with Crippen molar-refractivity contribution in [2.45, 2.75) is 25.4 Å². The van der Waals surface area contributed by atoms with Crippen molar-refractivity contribution in [3.8, 4) is 0 Å². The van der Waals surface area contributed by atoms with Gasteiger partial charge in [0.05, 0.1) is 18.2 Å². The van der Waals surface area contributed by atoms with E-state index in [0.29, 0.717) is 0 Å². The third-order valence-electron chi connectivity index (χ3n) is 3.49. The number of hydrogen-bond donors (Lipinski definition) is 2. The molecule has 1 aliphatic heterocycles. The van der Waals surface area contributed by atoms with Crippen molar-refractivity contribution in [3.63, 3.8) is 0 Å². The second kappa shape index (κ2) is 4.12. The quantitative estimate of drug-likeness (QED) is 0.893. The summed E-state index contributed by atoms with van der Waals surface area (Å²) in [6, 6.07) is 4.00. The lowest BCUT2D eigenvalue weighted by atomic mass is 10.0. The van der Waals surface area contributed by atoms with Crippen LogP contribution in [0.15, 0.2) is 22.8 Å². The molecular formula is C13H15BrN2O. The Hall–Kier alpha value is -0.840. The summed E-state index contributed by atoms with van der Waals surface area (Å²) in [5.41, 5.74) is 9.68. The van der Waals surface area contributed by atoms with Crippen LogP contribution in [-0.2, 0) is 13.0 Å². The molecule has 4 heteroatoms. The summed E-state index contributed by atoms with van der Waals surface area (Å²) in [5, 5.41) is 10.4. The maximum atomic E-state index is 9.24. The summed E-state index contributed by atoms with van der Waals surface area (Å²) in [6.07, 6.45) is 4.38. The third kappa shape index (κ3) is 1.71. The van der Waals surface area contributed by atoms with Gasteiger partial charge in [0, 0.05) is 22.6 Å². The fourth-order valence-electron chi connectivity index (χ4n) is 2.72. The Morgan fingerprint density at radius 1 is 1.47 bits per heavy atom. The van der Waals surface area contributed by atoms with Gasteiger partial charge in [0.2, 0.25) is 0 Å². The third-order valence-corrected chi connectivity index (χ3v) is 3.95. The van der Waals surface area contributed by atoms with Gasteiger partial charge in [-0.05, 0) is 36.1 Å². The average Bonchev–Trinajstić information content (AvgIpc) is 2.69. The Balaban J connectivity index is 2.33. The first-order valence-electron chi connectivity index (χ1n) is 5.88. The number of nitrogens with two attached hydrogens (primary N) is 1. The van der Waals surface area contributed by atoms with Crippen molar-refractivity contribution in [3.05, 3.63) is 33.9 Å². The molecule has 0 aliphatic carbocycles. The smallest absolute Gasteiger partial charge is 0.0625 e. The number of nitrogens with zero attached hydrogens (tertiary/aromatic N) is 1. The van der Waals surface area contributed by atoms with Crippen LogP contribution >= 0.6 is 15.9 Å². The molecule has 0 bridgehead atoms. The standard InChI is InChI=1S/C13H15BrN2O/c14-9-4-8-2-1-3-16-6-11(12(15)7-17)10(5-9)13(8)16/h4-6,12,17H,1-3,7,15H2. The second-order valence-corrected chi connectivity index (χ2v) is 5.55. The van der Waals surface area contributed by atoms with Crippen molar-refractivity contribution in [1.29, 1.82) is 0 Å². The largest absolute Gasteiger partial charge is 0.394 e. The van der Waals surface area contributed by atoms with Gasteiger partial charge >= 0.3 is 0 Å². The summed E-state index contributed by atoms with van der Waals surface area (Å²) in [4.78, 5) is 0. The molecule has 0 spiro atoms. The maximum Gasteiger partial charge on any atom is 0.0625 e. The van der Waals surface area contributed by atoms with Crippen LogP contribution in [0.1, 0.15) is 23.6 Å². The summed E-state index contributed by atoms with van der Waals surface area (Å²) in [7, 11) is 0. The first kappa shape index (κ1) is 11.3. The topological polar surface area (TPSA) is 51.2 Å². The highest BCUT2D eigenvalue weighted by atomic mass is 79.9. The minimum atomic E-state index is -0.293. The summed E-state index contributed by atoms with van der Waals surface area (Å²) in [6.45, 7) is 1.03. The molecule has 1 aromatic heterocycles. The molecule has 2 aromatic rings. The highest BCUT2D eigenvalue weighted by Crippen LogP contribution is 2.34. The highest BCUT2D eigenvalue weighted by molar-refractivity contribution is 9.10. The molecule has 2 heterocycles. The van der Waals surface area contributed by atoms with E-state index in [1.54, 1.807) is 0 Å². The van der Waals surface area contributed by atoms with Crippen LogP contribution in [0, 0.1) is 0 Å². The molecule has 17 heavy (non-hydrogen) atoms. The van der Waals surface area contributed by atoms with Gasteiger partial charge < -0.3 is 15.4 Å². The zero-order valence-corrected chi connectivity index (χ0v) is 11.1. The van der Waals surface area contributed by atoms with Crippen molar-refractivity contribution in [1.82, 2.24) is 4.57 Å². The number of hydrogen-bond acceptors (Lipinski definition) is 2. The molecule has 0 radical (unpaired) electrons. The lowest BCUT2D eigenvalue weighted by Gasteiger charge is -2.15. The van der Waals surface area contributed by atoms with Crippen LogP contribution in [0.2, 0.25) is 0 Å². The van der Waals surface area contributed by atoms with Crippen LogP contribution < -0.4 is 5.73 Å². The molecule has 90 valence electrons. The first-order chi connectivity index (χ1) is 8.20. The zero-order valence-electron chi connectivity index (χ0n) is 9.49. The van der Waals surface area contributed by atoms with E-state index in [9.17, 15) is 5.11 Å². The van der Waals surface area contributed by atoms with Gasteiger partial charge in [0.25, 0.3) is 0 Å². The van der Waals surface area contributed by atoms with Gasteiger partial charge in [-0.2, -0.15) is 0 Å². The van der Waals surface area contributed by atoms with Gasteiger partial charge in [-0.25, -0.2) is 0 Å². The highest BCUT2D eigenvalue weighted by Gasteiger charge is 2.19. The normalized spacial score (nSPS) is 16.4. The van der Waals surface area contributed by atoms with E-state index < -0.39 is 0 Å². The van der Waals surface area contributed by atoms with E-state index in [4.69, 9.17) is 5.73 Å². The molecular weight excluding hydrogens is 280 g/mol. The number of aliphatic hydroxyl groups excluding tert-OH is 1. The molecule has 0 fully saturated rings. The number of rotatable bonds is 2. The molecule has 0 amide bonds. The first-order valence-corrected chi connectivity index (χ1v) is 6.67. The van der Waals surface area contributed by atoms with Crippen LogP contribution in [0.5, 0.6) is 0 Å². The maximum absolute atomic E-state index is 9.24. The molecule has 3 rings (SSSR count). The zero-order chi connectivity index (χ0) is 12.0. The Kier molecular flexibility index (Phi) is 2.73. The van der Waals surface area contributed by atoms with E-state index in [2.05, 4.69) is 38.8 Å². The minimum absolute atomic E-state index is 0.0129. The van der Waals surface area contributed by atoms with Crippen LogP contribution in [0.4, 0.5) is 0 Å². The summed E-state index contributed by atoms with van der Waals surface area (Å²) in [5.74, 6) is 0. The van der Waals surface area contributed by atoms with Crippen molar-refractivity contribution in [2.24, 2.45) is 5.73 Å². The molecule has 1 aromatic carbocycles. The number of aryl methyl sites for hydroxylation is 2. The predicted octanol–water partition coefficient (Wildman–Crippen LogP) is 2.34. The molecule has 3 nitrogen and oxygen atoms in total. The Labute approximate surface area is 108 Å². The minimum Gasteiger partial charge on any atom is -0.394 e. The number of halogens is 1. The molecule has 1 aliphatic rings. The lowest BCUT2D eigenvalue weighted by molar-refractivity contribution is 0.268. The van der Waals surface area contributed by atoms with E-state index in [1.807, 2.05) is 0 Å². The van der Waals surface area contributed by atoms with Gasteiger partial charge in [-0.3, -0.25) is 0 Å². The fourth-order valence-corrected chi connectivity index (χ4v) is 3.22. The van der Waals surface area contributed by atoms with E-state index in [1.165, 1.54) is 22.9 Å². The van der Waals surface area contributed by atoms with Crippen LogP contribution in [0.25, 0.3) is 10.9 Å². The van der Waals surface area contributed by atoms with Crippen molar-refractivity contribution >= 4 is 26.8 Å².